The zero-order valence-electron chi connectivity index (χ0n) is 8.17. The van der Waals surface area contributed by atoms with Crippen LogP contribution in [0.3, 0.4) is 0 Å². The molecule has 0 saturated carbocycles. The van der Waals surface area contributed by atoms with Gasteiger partial charge < -0.3 is 0 Å². The van der Waals surface area contributed by atoms with Crippen molar-refractivity contribution in [1.82, 2.24) is 19.3 Å². The molecule has 0 amide bonds. The predicted octanol–water partition coefficient (Wildman–Crippen LogP) is -0.682. The Balaban J connectivity index is 2.32. The molecule has 0 aliphatic carbocycles. The number of aromatic amines is 1. The molecule has 2 aromatic rings. The number of rotatable bonds is 2. The molecule has 2 heterocycles. The van der Waals surface area contributed by atoms with E-state index in [-0.39, 0.29) is 5.56 Å². The molecule has 0 unspecified atom stereocenters. The highest BCUT2D eigenvalue weighted by Gasteiger charge is 1.99. The first-order valence-corrected chi connectivity index (χ1v) is 4.42. The monoisotopic (exact) mass is 206 g/mol. The third kappa shape index (κ3) is 2.04. The van der Waals surface area contributed by atoms with E-state index in [1.807, 2.05) is 6.20 Å². The summed E-state index contributed by atoms with van der Waals surface area (Å²) in [4.78, 5) is 24.3. The minimum atomic E-state index is -0.411. The second-order valence-electron chi connectivity index (χ2n) is 3.26. The van der Waals surface area contributed by atoms with Gasteiger partial charge in [0.15, 0.2) is 0 Å². The van der Waals surface area contributed by atoms with Crippen LogP contribution in [0.25, 0.3) is 0 Å². The van der Waals surface area contributed by atoms with Crippen molar-refractivity contribution >= 4 is 0 Å². The van der Waals surface area contributed by atoms with Gasteiger partial charge in [-0.25, -0.2) is 4.79 Å². The number of hydrogen-bond acceptors (Lipinski definition) is 3. The fourth-order valence-electron chi connectivity index (χ4n) is 1.32. The molecule has 0 aliphatic rings. The van der Waals surface area contributed by atoms with Crippen LogP contribution in [0.15, 0.2) is 34.2 Å². The Kier molecular flexibility index (Phi) is 2.24. The van der Waals surface area contributed by atoms with Gasteiger partial charge in [-0.1, -0.05) is 0 Å². The van der Waals surface area contributed by atoms with Crippen molar-refractivity contribution in [2.45, 2.75) is 6.54 Å². The zero-order valence-corrected chi connectivity index (χ0v) is 8.17. The van der Waals surface area contributed by atoms with Crippen LogP contribution in [0.1, 0.15) is 5.56 Å². The van der Waals surface area contributed by atoms with Crippen molar-refractivity contribution < 1.29 is 0 Å². The minimum Gasteiger partial charge on any atom is -0.296 e. The highest BCUT2D eigenvalue weighted by Crippen LogP contribution is 1.97. The lowest BCUT2D eigenvalue weighted by Crippen LogP contribution is -2.28. The molecule has 0 atom stereocenters. The first kappa shape index (κ1) is 9.45. The summed E-state index contributed by atoms with van der Waals surface area (Å²) in [6, 6.07) is 1.32. The van der Waals surface area contributed by atoms with Crippen molar-refractivity contribution in [2.75, 3.05) is 0 Å². The van der Waals surface area contributed by atoms with Crippen molar-refractivity contribution in [1.29, 1.82) is 0 Å². The molecule has 6 heteroatoms. The molecule has 15 heavy (non-hydrogen) atoms. The van der Waals surface area contributed by atoms with Crippen LogP contribution in [-0.2, 0) is 13.6 Å². The fourth-order valence-corrected chi connectivity index (χ4v) is 1.32. The predicted molar refractivity (Wildman–Crippen MR) is 53.6 cm³/mol. The van der Waals surface area contributed by atoms with E-state index in [0.29, 0.717) is 6.54 Å². The van der Waals surface area contributed by atoms with E-state index in [2.05, 4.69) is 10.1 Å². The lowest BCUT2D eigenvalue weighted by atomic mass is 10.3. The number of H-pyrrole nitrogens is 1. The Morgan fingerprint density at radius 2 is 2.27 bits per heavy atom. The summed E-state index contributed by atoms with van der Waals surface area (Å²) in [6.07, 6.45) is 4.96. The molecule has 2 aromatic heterocycles. The van der Waals surface area contributed by atoms with Gasteiger partial charge in [0.1, 0.15) is 0 Å². The van der Waals surface area contributed by atoms with Crippen LogP contribution in [0.5, 0.6) is 0 Å². The van der Waals surface area contributed by atoms with Crippen LogP contribution >= 0.6 is 0 Å². The lowest BCUT2D eigenvalue weighted by Gasteiger charge is -2.00. The number of nitrogens with one attached hydrogen (secondary N) is 1. The molecule has 0 bridgehead atoms. The maximum Gasteiger partial charge on any atom is 0.328 e. The summed E-state index contributed by atoms with van der Waals surface area (Å²) in [7, 11) is 1.80. The average molecular weight is 206 g/mol. The van der Waals surface area contributed by atoms with Crippen LogP contribution < -0.4 is 11.2 Å². The molecule has 2 rings (SSSR count). The van der Waals surface area contributed by atoms with Crippen molar-refractivity contribution in [2.24, 2.45) is 7.05 Å². The molecule has 0 saturated heterocycles. The number of aromatic nitrogens is 4. The third-order valence-corrected chi connectivity index (χ3v) is 2.01. The van der Waals surface area contributed by atoms with E-state index in [1.54, 1.807) is 17.9 Å². The van der Waals surface area contributed by atoms with E-state index >= 15 is 0 Å². The second kappa shape index (κ2) is 3.56. The third-order valence-electron chi connectivity index (χ3n) is 2.01. The van der Waals surface area contributed by atoms with E-state index in [0.717, 1.165) is 5.56 Å². The first-order valence-electron chi connectivity index (χ1n) is 4.42. The Labute approximate surface area is 84.8 Å². The first-order chi connectivity index (χ1) is 7.15. The molecule has 0 aromatic carbocycles. The van der Waals surface area contributed by atoms with Gasteiger partial charge in [0.25, 0.3) is 5.56 Å². The smallest absolute Gasteiger partial charge is 0.296 e. The van der Waals surface area contributed by atoms with Crippen molar-refractivity contribution in [3.8, 4) is 0 Å². The summed E-state index contributed by atoms with van der Waals surface area (Å²) in [5, 5.41) is 3.99. The van der Waals surface area contributed by atoms with Crippen LogP contribution in [0.4, 0.5) is 0 Å². The van der Waals surface area contributed by atoms with Crippen LogP contribution in [0.2, 0.25) is 0 Å². The van der Waals surface area contributed by atoms with Crippen molar-refractivity contribution in [3.05, 3.63) is 51.1 Å². The van der Waals surface area contributed by atoms with Crippen molar-refractivity contribution in [3.63, 3.8) is 0 Å². The molecule has 0 aliphatic heterocycles. The minimum absolute atomic E-state index is 0.387. The summed E-state index contributed by atoms with van der Waals surface area (Å²) in [5.41, 5.74) is 0.112. The van der Waals surface area contributed by atoms with E-state index in [9.17, 15) is 9.59 Å². The SMILES string of the molecule is Cn1cc(Cn2ccc(=O)[nH]c2=O)cn1. The van der Waals surface area contributed by atoms with Gasteiger partial charge in [0.2, 0.25) is 0 Å². The van der Waals surface area contributed by atoms with Gasteiger partial charge in [-0.3, -0.25) is 19.0 Å². The molecule has 78 valence electrons. The largest absolute Gasteiger partial charge is 0.328 e. The van der Waals surface area contributed by atoms with Gasteiger partial charge in [-0.15, -0.1) is 0 Å². The normalized spacial score (nSPS) is 10.5. The van der Waals surface area contributed by atoms with Crippen LogP contribution in [-0.4, -0.2) is 19.3 Å². The summed E-state index contributed by atoms with van der Waals surface area (Å²) < 4.78 is 3.07. The van der Waals surface area contributed by atoms with Gasteiger partial charge in [0, 0.05) is 31.1 Å². The summed E-state index contributed by atoms with van der Waals surface area (Å²) in [6.45, 7) is 0.406. The summed E-state index contributed by atoms with van der Waals surface area (Å²) in [5.74, 6) is 0. The van der Waals surface area contributed by atoms with Gasteiger partial charge in [-0.05, 0) is 0 Å². The highest BCUT2D eigenvalue weighted by atomic mass is 16.2. The van der Waals surface area contributed by atoms with E-state index < -0.39 is 5.69 Å². The standard InChI is InChI=1S/C9H10N4O2/c1-12-5-7(4-10-12)6-13-3-2-8(14)11-9(13)15/h2-5H,6H2,1H3,(H,11,14,15). The molecule has 1 N–H and O–H groups in total. The quantitative estimate of drug-likeness (QED) is 0.707. The molecular weight excluding hydrogens is 196 g/mol. The maximum atomic E-state index is 11.3. The van der Waals surface area contributed by atoms with Gasteiger partial charge in [0.05, 0.1) is 12.7 Å². The molecule has 0 fully saturated rings. The topological polar surface area (TPSA) is 72.7 Å². The molecular formula is C9H10N4O2. The molecule has 0 spiro atoms. The Morgan fingerprint density at radius 1 is 1.47 bits per heavy atom. The molecule has 0 radical (unpaired) electrons. The Morgan fingerprint density at radius 3 is 2.87 bits per heavy atom. The van der Waals surface area contributed by atoms with Gasteiger partial charge >= 0.3 is 5.69 Å². The highest BCUT2D eigenvalue weighted by molar-refractivity contribution is 5.04. The second-order valence-corrected chi connectivity index (χ2v) is 3.26. The van der Waals surface area contributed by atoms with Gasteiger partial charge in [-0.2, -0.15) is 5.10 Å². The average Bonchev–Trinajstić information content (AvgIpc) is 2.56. The van der Waals surface area contributed by atoms with E-state index in [1.165, 1.54) is 16.8 Å². The molecule has 6 nitrogen and oxygen atoms in total. The Hall–Kier alpha value is -2.11. The maximum absolute atomic E-state index is 11.3. The lowest BCUT2D eigenvalue weighted by molar-refractivity contribution is 0.718. The fraction of sp³-hybridized carbons (Fsp3) is 0.222. The Bertz CT molecular complexity index is 578. The number of aryl methyl sites for hydroxylation is 1. The summed E-state index contributed by atoms with van der Waals surface area (Å²) >= 11 is 0. The zero-order chi connectivity index (χ0) is 10.8. The number of hydrogen-bond donors (Lipinski definition) is 1. The van der Waals surface area contributed by atoms with E-state index in [4.69, 9.17) is 0 Å². The number of nitrogens with zero attached hydrogens (tertiary/aromatic N) is 3. The van der Waals surface area contributed by atoms with Crippen LogP contribution in [0, 0.1) is 0 Å².